The quantitative estimate of drug-likeness (QED) is 0.811. The van der Waals surface area contributed by atoms with Crippen molar-refractivity contribution in [3.63, 3.8) is 0 Å². The summed E-state index contributed by atoms with van der Waals surface area (Å²) in [6, 6.07) is 6.42. The van der Waals surface area contributed by atoms with Gasteiger partial charge in [-0.1, -0.05) is 6.07 Å². The van der Waals surface area contributed by atoms with Crippen LogP contribution in [0.1, 0.15) is 29.5 Å². The molecule has 1 saturated heterocycles. The summed E-state index contributed by atoms with van der Waals surface area (Å²) in [7, 11) is 1.76. The molecular formula is C21H28N4O2. The van der Waals surface area contributed by atoms with E-state index in [-0.39, 0.29) is 5.91 Å². The molecule has 27 heavy (non-hydrogen) atoms. The van der Waals surface area contributed by atoms with Gasteiger partial charge in [0.1, 0.15) is 12.3 Å². The summed E-state index contributed by atoms with van der Waals surface area (Å²) >= 11 is 0. The second-order valence-electron chi connectivity index (χ2n) is 7.50. The lowest BCUT2D eigenvalue weighted by Crippen LogP contribution is -2.37. The molecule has 4 rings (SSSR count). The number of nitrogens with zero attached hydrogens (tertiary/aromatic N) is 4. The van der Waals surface area contributed by atoms with Crippen LogP contribution in [0, 0.1) is 0 Å². The van der Waals surface area contributed by atoms with Crippen molar-refractivity contribution in [2.75, 3.05) is 33.3 Å². The Labute approximate surface area is 160 Å². The van der Waals surface area contributed by atoms with E-state index in [1.165, 1.54) is 36.0 Å². The Morgan fingerprint density at radius 1 is 1.11 bits per heavy atom. The molecule has 1 aromatic carbocycles. The molecule has 0 bridgehead atoms. The van der Waals surface area contributed by atoms with E-state index in [9.17, 15) is 4.79 Å². The van der Waals surface area contributed by atoms with Gasteiger partial charge in [0, 0.05) is 50.7 Å². The summed E-state index contributed by atoms with van der Waals surface area (Å²) in [6.45, 7) is 4.70. The fourth-order valence-corrected chi connectivity index (χ4v) is 4.22. The summed E-state index contributed by atoms with van der Waals surface area (Å²) in [5.74, 6) is 1.15. The molecule has 0 N–H and O–H groups in total. The first-order valence-electron chi connectivity index (χ1n) is 9.89. The lowest BCUT2D eigenvalue weighted by atomic mass is 10.0. The van der Waals surface area contributed by atoms with Crippen LogP contribution in [0.5, 0.6) is 5.75 Å². The molecule has 6 nitrogen and oxygen atoms in total. The minimum Gasteiger partial charge on any atom is -0.496 e. The van der Waals surface area contributed by atoms with Crippen LogP contribution in [0.15, 0.2) is 30.6 Å². The number of aromatic nitrogens is 2. The maximum Gasteiger partial charge on any atom is 0.244 e. The van der Waals surface area contributed by atoms with E-state index >= 15 is 0 Å². The Bertz CT molecular complexity index is 788. The molecular weight excluding hydrogens is 340 g/mol. The third kappa shape index (κ3) is 4.16. The monoisotopic (exact) mass is 368 g/mol. The average molecular weight is 368 g/mol. The molecule has 1 fully saturated rings. The van der Waals surface area contributed by atoms with E-state index < -0.39 is 0 Å². The highest BCUT2D eigenvalue weighted by Crippen LogP contribution is 2.30. The minimum absolute atomic E-state index is 0.149. The van der Waals surface area contributed by atoms with Crippen LogP contribution in [0.4, 0.5) is 0 Å². The van der Waals surface area contributed by atoms with E-state index in [1.807, 2.05) is 17.2 Å². The van der Waals surface area contributed by atoms with Gasteiger partial charge < -0.3 is 9.64 Å². The lowest BCUT2D eigenvalue weighted by Gasteiger charge is -2.23. The van der Waals surface area contributed by atoms with Gasteiger partial charge in [-0.15, -0.1) is 0 Å². The first-order chi connectivity index (χ1) is 13.2. The molecule has 2 aliphatic rings. The Morgan fingerprint density at radius 2 is 1.96 bits per heavy atom. The molecule has 6 heteroatoms. The van der Waals surface area contributed by atoms with Gasteiger partial charge in [0.2, 0.25) is 5.91 Å². The van der Waals surface area contributed by atoms with Crippen molar-refractivity contribution in [3.8, 4) is 5.75 Å². The SMILES string of the molecule is COc1cc2c(cc1CN1CCCN(C(=O)Cn3cccn3)CC1)CCC2. The topological polar surface area (TPSA) is 50.6 Å². The van der Waals surface area contributed by atoms with Gasteiger partial charge >= 0.3 is 0 Å². The summed E-state index contributed by atoms with van der Waals surface area (Å²) < 4.78 is 7.36. The van der Waals surface area contributed by atoms with Crippen molar-refractivity contribution in [3.05, 3.63) is 47.3 Å². The van der Waals surface area contributed by atoms with Crippen molar-refractivity contribution < 1.29 is 9.53 Å². The molecule has 0 saturated carbocycles. The Hall–Kier alpha value is -2.34. The summed E-state index contributed by atoms with van der Waals surface area (Å²) in [4.78, 5) is 17.0. The number of hydrogen-bond acceptors (Lipinski definition) is 4. The van der Waals surface area contributed by atoms with E-state index in [2.05, 4.69) is 22.1 Å². The number of methoxy groups -OCH3 is 1. The number of amides is 1. The largest absolute Gasteiger partial charge is 0.496 e. The van der Waals surface area contributed by atoms with Crippen LogP contribution in [0.2, 0.25) is 0 Å². The van der Waals surface area contributed by atoms with E-state index in [0.717, 1.165) is 44.9 Å². The number of rotatable bonds is 5. The van der Waals surface area contributed by atoms with Crippen LogP contribution in [0.25, 0.3) is 0 Å². The van der Waals surface area contributed by atoms with Crippen molar-refractivity contribution in [1.82, 2.24) is 19.6 Å². The predicted molar refractivity (Wildman–Crippen MR) is 104 cm³/mol. The van der Waals surface area contributed by atoms with Crippen molar-refractivity contribution >= 4 is 5.91 Å². The fourth-order valence-electron chi connectivity index (χ4n) is 4.22. The zero-order valence-corrected chi connectivity index (χ0v) is 16.1. The van der Waals surface area contributed by atoms with E-state index in [0.29, 0.717) is 6.54 Å². The first kappa shape index (κ1) is 18.0. The molecule has 0 radical (unpaired) electrons. The van der Waals surface area contributed by atoms with Gasteiger partial charge in [-0.25, -0.2) is 0 Å². The summed E-state index contributed by atoms with van der Waals surface area (Å²) in [5, 5.41) is 4.14. The highest BCUT2D eigenvalue weighted by Gasteiger charge is 2.21. The van der Waals surface area contributed by atoms with Crippen LogP contribution in [-0.2, 0) is 30.7 Å². The number of benzene rings is 1. The summed E-state index contributed by atoms with van der Waals surface area (Å²) in [5.41, 5.74) is 4.20. The third-order valence-corrected chi connectivity index (χ3v) is 5.69. The predicted octanol–water partition coefficient (Wildman–Crippen LogP) is 2.11. The third-order valence-electron chi connectivity index (χ3n) is 5.69. The number of fused-ring (bicyclic) bond motifs is 1. The zero-order valence-electron chi connectivity index (χ0n) is 16.1. The number of aryl methyl sites for hydroxylation is 2. The maximum absolute atomic E-state index is 12.5. The van der Waals surface area contributed by atoms with E-state index in [1.54, 1.807) is 18.0 Å². The highest BCUT2D eigenvalue weighted by atomic mass is 16.5. The molecule has 0 atom stereocenters. The van der Waals surface area contributed by atoms with Gasteiger partial charge in [-0.2, -0.15) is 5.10 Å². The molecule has 1 aromatic heterocycles. The molecule has 1 aliphatic heterocycles. The van der Waals surface area contributed by atoms with Crippen molar-refractivity contribution in [2.24, 2.45) is 0 Å². The Balaban J connectivity index is 1.38. The second kappa shape index (κ2) is 8.13. The Morgan fingerprint density at radius 3 is 2.74 bits per heavy atom. The van der Waals surface area contributed by atoms with Crippen LogP contribution < -0.4 is 4.74 Å². The zero-order chi connectivity index (χ0) is 18.6. The number of carbonyl (C=O) groups is 1. The van der Waals surface area contributed by atoms with Crippen molar-refractivity contribution in [1.29, 1.82) is 0 Å². The van der Waals surface area contributed by atoms with Crippen molar-refractivity contribution in [2.45, 2.75) is 38.8 Å². The van der Waals surface area contributed by atoms with Gasteiger partial charge in [0.15, 0.2) is 0 Å². The molecule has 0 spiro atoms. The molecule has 144 valence electrons. The average Bonchev–Trinajstić information content (AvgIpc) is 3.29. The lowest BCUT2D eigenvalue weighted by molar-refractivity contribution is -0.131. The van der Waals surface area contributed by atoms with Crippen LogP contribution in [0.3, 0.4) is 0 Å². The molecule has 0 unspecified atom stereocenters. The van der Waals surface area contributed by atoms with Crippen LogP contribution in [-0.4, -0.2) is 58.8 Å². The molecule has 1 amide bonds. The first-order valence-corrected chi connectivity index (χ1v) is 9.89. The molecule has 2 aromatic rings. The highest BCUT2D eigenvalue weighted by molar-refractivity contribution is 5.75. The van der Waals surface area contributed by atoms with E-state index in [4.69, 9.17) is 4.74 Å². The normalized spacial score (nSPS) is 17.6. The van der Waals surface area contributed by atoms with Gasteiger partial charge in [0.05, 0.1) is 7.11 Å². The fraction of sp³-hybridized carbons (Fsp3) is 0.524. The number of carbonyl (C=O) groups excluding carboxylic acids is 1. The summed E-state index contributed by atoms with van der Waals surface area (Å²) in [6.07, 6.45) is 8.14. The van der Waals surface area contributed by atoms with Crippen LogP contribution >= 0.6 is 0 Å². The van der Waals surface area contributed by atoms with Gasteiger partial charge in [0.25, 0.3) is 0 Å². The standard InChI is InChI=1S/C21H28N4O2/c1-27-20-14-18-6-2-5-17(18)13-19(20)15-23-8-4-9-24(12-11-23)21(26)16-25-10-3-7-22-25/h3,7,10,13-14H,2,4-6,8-9,11-12,15-16H2,1H3. The molecule has 2 heterocycles. The number of hydrogen-bond donors (Lipinski definition) is 0. The van der Waals surface area contributed by atoms with Gasteiger partial charge in [-0.05, 0) is 48.9 Å². The second-order valence-corrected chi connectivity index (χ2v) is 7.50. The minimum atomic E-state index is 0.149. The molecule has 1 aliphatic carbocycles. The maximum atomic E-state index is 12.5. The number of ether oxygens (including phenoxy) is 1. The van der Waals surface area contributed by atoms with Gasteiger partial charge in [-0.3, -0.25) is 14.4 Å². The Kier molecular flexibility index (Phi) is 5.43. The smallest absolute Gasteiger partial charge is 0.244 e.